The van der Waals surface area contributed by atoms with E-state index in [1.165, 1.54) is 0 Å². The second kappa shape index (κ2) is 3.93. The number of fused-ring (bicyclic) bond motifs is 1. The monoisotopic (exact) mass is 233 g/mol. The molecule has 0 saturated heterocycles. The zero-order valence-corrected chi connectivity index (χ0v) is 9.19. The molecule has 0 aromatic heterocycles. The van der Waals surface area contributed by atoms with Gasteiger partial charge in [0.1, 0.15) is 5.76 Å². The van der Waals surface area contributed by atoms with Gasteiger partial charge in [0.05, 0.1) is 11.1 Å². The third kappa shape index (κ3) is 1.65. The molecule has 0 fully saturated rings. The molecule has 0 aliphatic carbocycles. The molecule has 5 heteroatoms. The van der Waals surface area contributed by atoms with E-state index in [9.17, 15) is 9.59 Å². The zero-order valence-electron chi connectivity index (χ0n) is 9.19. The Kier molecular flexibility index (Phi) is 2.59. The number of carbonyl (C=O) groups excluding carboxylic acids is 1. The van der Waals surface area contributed by atoms with Crippen LogP contribution in [0.3, 0.4) is 0 Å². The molecule has 88 valence electrons. The first-order valence-corrected chi connectivity index (χ1v) is 5.13. The standard InChI is InChI=1S/C12H11NO4/c1-2-6(11(14)15)10-7-4-3-5-8(13)9(7)12(16)17-10/h3-5H,2,13H2,1H3,(H,14,15). The van der Waals surface area contributed by atoms with Gasteiger partial charge in [-0.05, 0) is 12.5 Å². The lowest BCUT2D eigenvalue weighted by atomic mass is 10.0. The highest BCUT2D eigenvalue weighted by molar-refractivity contribution is 6.10. The van der Waals surface area contributed by atoms with E-state index in [-0.39, 0.29) is 23.3 Å². The summed E-state index contributed by atoms with van der Waals surface area (Å²) in [5.74, 6) is -1.59. The molecule has 1 aliphatic heterocycles. The molecule has 1 aliphatic rings. The number of hydrogen-bond donors (Lipinski definition) is 2. The van der Waals surface area contributed by atoms with Gasteiger partial charge in [0, 0.05) is 11.3 Å². The van der Waals surface area contributed by atoms with Crippen molar-refractivity contribution in [2.45, 2.75) is 13.3 Å². The molecule has 0 spiro atoms. The van der Waals surface area contributed by atoms with Crippen LogP contribution in [0, 0.1) is 0 Å². The van der Waals surface area contributed by atoms with Crippen molar-refractivity contribution in [2.24, 2.45) is 0 Å². The number of carboxylic acids is 1. The first-order valence-electron chi connectivity index (χ1n) is 5.13. The summed E-state index contributed by atoms with van der Waals surface area (Å²) in [6, 6.07) is 4.87. The summed E-state index contributed by atoms with van der Waals surface area (Å²) in [7, 11) is 0. The smallest absolute Gasteiger partial charge is 0.346 e. The summed E-state index contributed by atoms with van der Waals surface area (Å²) < 4.78 is 5.01. The van der Waals surface area contributed by atoms with Gasteiger partial charge in [-0.25, -0.2) is 9.59 Å². The van der Waals surface area contributed by atoms with Crippen molar-refractivity contribution in [3.63, 3.8) is 0 Å². The minimum Gasteiger partial charge on any atom is -0.478 e. The van der Waals surface area contributed by atoms with Crippen molar-refractivity contribution in [3.8, 4) is 0 Å². The number of anilines is 1. The van der Waals surface area contributed by atoms with E-state index < -0.39 is 11.9 Å². The molecule has 0 bridgehead atoms. The van der Waals surface area contributed by atoms with Crippen LogP contribution in [0.1, 0.15) is 29.3 Å². The van der Waals surface area contributed by atoms with E-state index in [0.717, 1.165) is 0 Å². The zero-order chi connectivity index (χ0) is 12.6. The second-order valence-electron chi connectivity index (χ2n) is 3.63. The molecular weight excluding hydrogens is 222 g/mol. The van der Waals surface area contributed by atoms with Crippen LogP contribution in [-0.4, -0.2) is 17.0 Å². The van der Waals surface area contributed by atoms with Gasteiger partial charge in [-0.2, -0.15) is 0 Å². The lowest BCUT2D eigenvalue weighted by Gasteiger charge is -2.03. The van der Waals surface area contributed by atoms with Crippen LogP contribution in [0.15, 0.2) is 23.8 Å². The Morgan fingerprint density at radius 2 is 2.18 bits per heavy atom. The molecule has 0 unspecified atom stereocenters. The van der Waals surface area contributed by atoms with Crippen LogP contribution in [-0.2, 0) is 9.53 Å². The maximum atomic E-state index is 11.6. The van der Waals surface area contributed by atoms with E-state index in [4.69, 9.17) is 15.6 Å². The van der Waals surface area contributed by atoms with Crippen molar-refractivity contribution < 1.29 is 19.4 Å². The van der Waals surface area contributed by atoms with Gasteiger partial charge in [-0.15, -0.1) is 0 Å². The summed E-state index contributed by atoms with van der Waals surface area (Å²) in [6.45, 7) is 1.69. The van der Waals surface area contributed by atoms with Crippen LogP contribution < -0.4 is 5.73 Å². The molecule has 0 amide bonds. The Balaban J connectivity index is 2.70. The fraction of sp³-hybridized carbons (Fsp3) is 0.167. The van der Waals surface area contributed by atoms with Crippen molar-refractivity contribution in [1.29, 1.82) is 0 Å². The lowest BCUT2D eigenvalue weighted by molar-refractivity contribution is -0.132. The number of benzene rings is 1. The number of ether oxygens (including phenoxy) is 1. The number of nitrogen functional groups attached to an aromatic ring is 1. The number of cyclic esters (lactones) is 1. The average molecular weight is 233 g/mol. The Bertz CT molecular complexity index is 545. The summed E-state index contributed by atoms with van der Waals surface area (Å²) in [5, 5.41) is 9.03. The van der Waals surface area contributed by atoms with E-state index in [1.54, 1.807) is 25.1 Å². The molecule has 5 nitrogen and oxygen atoms in total. The minimum absolute atomic E-state index is 0.0719. The highest BCUT2D eigenvalue weighted by atomic mass is 16.5. The number of carboxylic acid groups (broad SMARTS) is 1. The topological polar surface area (TPSA) is 89.6 Å². The van der Waals surface area contributed by atoms with Crippen molar-refractivity contribution in [2.75, 3.05) is 5.73 Å². The van der Waals surface area contributed by atoms with Gasteiger partial charge in [0.2, 0.25) is 0 Å². The molecule has 1 aromatic rings. The highest BCUT2D eigenvalue weighted by Gasteiger charge is 2.32. The summed E-state index contributed by atoms with van der Waals surface area (Å²) >= 11 is 0. The van der Waals surface area contributed by atoms with E-state index in [0.29, 0.717) is 11.3 Å². The summed E-state index contributed by atoms with van der Waals surface area (Å²) in [5.41, 5.74) is 6.74. The molecule has 2 rings (SSSR count). The first kappa shape index (κ1) is 11.2. The Morgan fingerprint density at radius 3 is 2.76 bits per heavy atom. The van der Waals surface area contributed by atoms with Crippen molar-refractivity contribution in [3.05, 3.63) is 34.9 Å². The Labute approximate surface area is 97.5 Å². The third-order valence-electron chi connectivity index (χ3n) is 2.63. The normalized spacial score (nSPS) is 16.4. The third-order valence-corrected chi connectivity index (χ3v) is 2.63. The molecular formula is C12H11NO4. The van der Waals surface area contributed by atoms with E-state index in [2.05, 4.69) is 0 Å². The van der Waals surface area contributed by atoms with Gasteiger partial charge in [0.15, 0.2) is 0 Å². The average Bonchev–Trinajstić information content (AvgIpc) is 2.58. The fourth-order valence-corrected chi connectivity index (χ4v) is 1.82. The predicted octanol–water partition coefficient (Wildman–Crippen LogP) is 1.64. The van der Waals surface area contributed by atoms with Crippen LogP contribution in [0.5, 0.6) is 0 Å². The summed E-state index contributed by atoms with van der Waals surface area (Å²) in [4.78, 5) is 22.6. The summed E-state index contributed by atoms with van der Waals surface area (Å²) in [6.07, 6.45) is 0.270. The second-order valence-corrected chi connectivity index (χ2v) is 3.63. The quantitative estimate of drug-likeness (QED) is 0.460. The van der Waals surface area contributed by atoms with Gasteiger partial charge in [-0.3, -0.25) is 0 Å². The van der Waals surface area contributed by atoms with Crippen LogP contribution in [0.2, 0.25) is 0 Å². The SMILES string of the molecule is CCC(C(=O)O)=C1OC(=O)c2c(N)cccc21. The van der Waals surface area contributed by atoms with Crippen LogP contribution in [0.4, 0.5) is 5.69 Å². The molecule has 3 N–H and O–H groups in total. The van der Waals surface area contributed by atoms with Crippen LogP contribution in [0.25, 0.3) is 5.76 Å². The maximum absolute atomic E-state index is 11.6. The van der Waals surface area contributed by atoms with Gasteiger partial charge in [0.25, 0.3) is 0 Å². The van der Waals surface area contributed by atoms with Gasteiger partial charge < -0.3 is 15.6 Å². The molecule has 1 aromatic carbocycles. The van der Waals surface area contributed by atoms with Crippen molar-refractivity contribution >= 4 is 23.4 Å². The Hall–Kier alpha value is -2.30. The largest absolute Gasteiger partial charge is 0.478 e. The number of aliphatic carboxylic acids is 1. The molecule has 1 heterocycles. The van der Waals surface area contributed by atoms with E-state index in [1.807, 2.05) is 0 Å². The predicted molar refractivity (Wildman–Crippen MR) is 61.1 cm³/mol. The number of rotatable bonds is 2. The lowest BCUT2D eigenvalue weighted by Crippen LogP contribution is -2.03. The first-order chi connectivity index (χ1) is 8.06. The van der Waals surface area contributed by atoms with Gasteiger partial charge in [-0.1, -0.05) is 19.1 Å². The number of nitrogens with two attached hydrogens (primary N) is 1. The number of esters is 1. The highest BCUT2D eigenvalue weighted by Crippen LogP contribution is 2.35. The van der Waals surface area contributed by atoms with Crippen molar-refractivity contribution in [1.82, 2.24) is 0 Å². The molecule has 0 saturated carbocycles. The molecule has 0 radical (unpaired) electrons. The number of carbonyl (C=O) groups is 2. The fourth-order valence-electron chi connectivity index (χ4n) is 1.82. The molecule has 0 atom stereocenters. The van der Waals surface area contributed by atoms with E-state index >= 15 is 0 Å². The van der Waals surface area contributed by atoms with Crippen LogP contribution >= 0.6 is 0 Å². The maximum Gasteiger partial charge on any atom is 0.346 e. The molecule has 17 heavy (non-hydrogen) atoms. The van der Waals surface area contributed by atoms with Gasteiger partial charge >= 0.3 is 11.9 Å². The number of hydrogen-bond acceptors (Lipinski definition) is 4. The Morgan fingerprint density at radius 1 is 1.47 bits per heavy atom. The minimum atomic E-state index is -1.09.